The molecule has 0 bridgehead atoms. The highest BCUT2D eigenvalue weighted by molar-refractivity contribution is 7.95. The number of benzene rings is 1. The molecule has 1 N–H and O–H groups in total. The van der Waals surface area contributed by atoms with Crippen molar-refractivity contribution in [2.75, 3.05) is 6.54 Å². The minimum atomic E-state index is -4.08. The molecule has 10 heteroatoms. The average Bonchev–Trinajstić information content (AvgIpc) is 2.97. The summed E-state index contributed by atoms with van der Waals surface area (Å²) in [6.45, 7) is -0.658. The normalized spacial score (nSPS) is 22.4. The van der Waals surface area contributed by atoms with E-state index in [9.17, 15) is 26.4 Å². The van der Waals surface area contributed by atoms with Crippen LogP contribution in [0, 0.1) is 0 Å². The van der Waals surface area contributed by atoms with E-state index < -0.39 is 43.5 Å². The number of allylic oxidation sites excluding steroid dienone is 3. The van der Waals surface area contributed by atoms with Crippen LogP contribution in [0.4, 0.5) is 0 Å². The van der Waals surface area contributed by atoms with Crippen LogP contribution in [0.1, 0.15) is 61.7 Å². The number of nitrogens with zero attached hydrogens (tertiary/aromatic N) is 1. The first-order valence-electron chi connectivity index (χ1n) is 11.5. The number of nitrogens with one attached hydrogen (secondary N) is 1. The Hall–Kier alpha value is -2.72. The third kappa shape index (κ3) is 5.17. The summed E-state index contributed by atoms with van der Waals surface area (Å²) in [5.74, 6) is -1.43. The van der Waals surface area contributed by atoms with Gasteiger partial charge in [0.15, 0.2) is 9.84 Å². The number of sulfonamides is 1. The van der Waals surface area contributed by atoms with Crippen LogP contribution in [0.5, 0.6) is 0 Å². The van der Waals surface area contributed by atoms with Crippen LogP contribution in [0.25, 0.3) is 0 Å². The minimum absolute atomic E-state index is 0.0403. The van der Waals surface area contributed by atoms with Crippen molar-refractivity contribution in [3.05, 3.63) is 64.7 Å². The number of carbonyl (C=O) groups is 2. The van der Waals surface area contributed by atoms with Gasteiger partial charge in [0.2, 0.25) is 5.91 Å². The van der Waals surface area contributed by atoms with Crippen molar-refractivity contribution in [3.63, 3.8) is 0 Å². The Morgan fingerprint density at radius 2 is 1.76 bits per heavy atom. The van der Waals surface area contributed by atoms with Crippen molar-refractivity contribution >= 4 is 31.7 Å². The zero-order valence-corrected chi connectivity index (χ0v) is 20.4. The van der Waals surface area contributed by atoms with Gasteiger partial charge in [-0.25, -0.2) is 21.1 Å². The molecule has 3 aliphatic rings. The van der Waals surface area contributed by atoms with Crippen LogP contribution in [-0.4, -0.2) is 44.7 Å². The molecule has 8 nitrogen and oxygen atoms in total. The molecule has 4 rings (SSSR count). The second kappa shape index (κ2) is 9.87. The van der Waals surface area contributed by atoms with Crippen molar-refractivity contribution in [2.45, 2.75) is 61.5 Å². The molecular weight excluding hydrogens is 476 g/mol. The predicted octanol–water partition coefficient (Wildman–Crippen LogP) is 3.20. The molecule has 1 aromatic carbocycles. The number of amides is 2. The van der Waals surface area contributed by atoms with E-state index in [2.05, 4.69) is 5.32 Å². The molecule has 0 radical (unpaired) electrons. The van der Waals surface area contributed by atoms with Crippen LogP contribution in [0.3, 0.4) is 0 Å². The average molecular weight is 505 g/mol. The molecule has 0 spiro atoms. The number of rotatable bonds is 5. The molecule has 1 fully saturated rings. The summed E-state index contributed by atoms with van der Waals surface area (Å²) in [4.78, 5) is 24.8. The third-order valence-corrected chi connectivity index (χ3v) is 9.93. The van der Waals surface area contributed by atoms with Crippen LogP contribution in [-0.2, 0) is 24.7 Å². The SMILES string of the molecule is O=C(CN1C(=O)c2ccccc2S1(=O)=O)NC1=CCC(S(=O)(=O)C=C2CCCCCCC2)C=C1. The monoisotopic (exact) mass is 504 g/mol. The largest absolute Gasteiger partial charge is 0.325 e. The molecule has 1 unspecified atom stereocenters. The summed E-state index contributed by atoms with van der Waals surface area (Å²) in [6, 6.07) is 5.82. The molecule has 34 heavy (non-hydrogen) atoms. The van der Waals surface area contributed by atoms with E-state index in [0.29, 0.717) is 10.0 Å². The summed E-state index contributed by atoms with van der Waals surface area (Å²) < 4.78 is 51.5. The zero-order chi connectivity index (χ0) is 24.3. The highest BCUT2D eigenvalue weighted by atomic mass is 32.2. The molecule has 1 heterocycles. The Morgan fingerprint density at radius 3 is 2.41 bits per heavy atom. The van der Waals surface area contributed by atoms with Crippen molar-refractivity contribution in [3.8, 4) is 0 Å². The first kappa shape index (κ1) is 24.4. The summed E-state index contributed by atoms with van der Waals surface area (Å²) in [5.41, 5.74) is 1.39. The molecule has 0 aromatic heterocycles. The van der Waals surface area contributed by atoms with Crippen LogP contribution in [0.15, 0.2) is 64.1 Å². The highest BCUT2D eigenvalue weighted by Gasteiger charge is 2.41. The lowest BCUT2D eigenvalue weighted by atomic mass is 9.97. The number of hydrogen-bond acceptors (Lipinski definition) is 6. The lowest BCUT2D eigenvalue weighted by molar-refractivity contribution is -0.120. The van der Waals surface area contributed by atoms with Gasteiger partial charge in [-0.3, -0.25) is 9.59 Å². The van der Waals surface area contributed by atoms with Crippen molar-refractivity contribution < 1.29 is 26.4 Å². The number of sulfone groups is 1. The molecule has 2 amide bonds. The second-order valence-electron chi connectivity index (χ2n) is 8.79. The zero-order valence-electron chi connectivity index (χ0n) is 18.8. The highest BCUT2D eigenvalue weighted by Crippen LogP contribution is 2.30. The van der Waals surface area contributed by atoms with Crippen LogP contribution >= 0.6 is 0 Å². The molecule has 182 valence electrons. The first-order valence-corrected chi connectivity index (χ1v) is 14.5. The van der Waals surface area contributed by atoms with E-state index in [4.69, 9.17) is 0 Å². The fourth-order valence-electron chi connectivity index (χ4n) is 4.45. The number of fused-ring (bicyclic) bond motifs is 1. The fraction of sp³-hybridized carbons (Fsp3) is 0.417. The summed E-state index contributed by atoms with van der Waals surface area (Å²) in [5, 5.41) is 3.30. The standard InChI is InChI=1S/C24H28N2O6S2/c27-23(16-26-24(28)21-10-6-7-11-22(21)34(26,31)32)25-19-12-14-20(15-13-19)33(29,30)17-18-8-4-2-1-3-5-9-18/h6-7,10-14,17,20H,1-5,8-9,15-16H2,(H,25,27). The maximum absolute atomic E-state index is 12.9. The first-order chi connectivity index (χ1) is 16.2. The molecule has 2 aliphatic carbocycles. The predicted molar refractivity (Wildman–Crippen MR) is 128 cm³/mol. The van der Waals surface area contributed by atoms with Crippen LogP contribution in [0.2, 0.25) is 0 Å². The maximum atomic E-state index is 12.9. The Labute approximate surface area is 200 Å². The van der Waals surface area contributed by atoms with E-state index in [-0.39, 0.29) is 16.9 Å². The maximum Gasteiger partial charge on any atom is 0.269 e. The number of carbonyl (C=O) groups excluding carboxylic acids is 2. The lowest BCUT2D eigenvalue weighted by Crippen LogP contribution is -2.40. The molecule has 1 aromatic rings. The fourth-order valence-corrected chi connectivity index (χ4v) is 7.51. The Morgan fingerprint density at radius 1 is 1.09 bits per heavy atom. The molecule has 1 saturated carbocycles. The Balaban J connectivity index is 1.37. The quantitative estimate of drug-likeness (QED) is 0.658. The van der Waals surface area contributed by atoms with E-state index in [0.717, 1.165) is 44.1 Å². The topological polar surface area (TPSA) is 118 Å². The molecule has 1 aliphatic heterocycles. The van der Waals surface area contributed by atoms with Gasteiger partial charge in [-0.05, 0) is 50.3 Å². The van der Waals surface area contributed by atoms with Gasteiger partial charge in [0.25, 0.3) is 15.9 Å². The van der Waals surface area contributed by atoms with Gasteiger partial charge < -0.3 is 5.32 Å². The Bertz CT molecular complexity index is 1280. The van der Waals surface area contributed by atoms with Crippen LogP contribution < -0.4 is 5.32 Å². The van der Waals surface area contributed by atoms with E-state index in [1.54, 1.807) is 18.2 Å². The van der Waals surface area contributed by atoms with E-state index in [1.165, 1.54) is 36.1 Å². The van der Waals surface area contributed by atoms with Crippen molar-refractivity contribution in [2.24, 2.45) is 0 Å². The van der Waals surface area contributed by atoms with Gasteiger partial charge in [0, 0.05) is 11.1 Å². The lowest BCUT2D eigenvalue weighted by Gasteiger charge is -2.19. The van der Waals surface area contributed by atoms with Gasteiger partial charge in [0.1, 0.15) is 11.4 Å². The summed E-state index contributed by atoms with van der Waals surface area (Å²) in [7, 11) is -7.55. The van der Waals surface area contributed by atoms with Crippen molar-refractivity contribution in [1.82, 2.24) is 9.62 Å². The van der Waals surface area contributed by atoms with Gasteiger partial charge in [-0.2, -0.15) is 0 Å². The van der Waals surface area contributed by atoms with Gasteiger partial charge >= 0.3 is 0 Å². The third-order valence-electron chi connectivity index (χ3n) is 6.29. The molecule has 1 atom stereocenters. The van der Waals surface area contributed by atoms with Gasteiger partial charge in [0.05, 0.1) is 10.8 Å². The van der Waals surface area contributed by atoms with E-state index in [1.807, 2.05) is 0 Å². The molecule has 0 saturated heterocycles. The summed E-state index contributed by atoms with van der Waals surface area (Å²) >= 11 is 0. The molecular formula is C24H28N2O6S2. The second-order valence-corrected chi connectivity index (χ2v) is 12.6. The Kier molecular flexibility index (Phi) is 7.09. The van der Waals surface area contributed by atoms with Gasteiger partial charge in [-0.1, -0.05) is 49.1 Å². The van der Waals surface area contributed by atoms with E-state index >= 15 is 0 Å². The number of hydrogen-bond donors (Lipinski definition) is 1. The van der Waals surface area contributed by atoms with Crippen molar-refractivity contribution in [1.29, 1.82) is 0 Å². The van der Waals surface area contributed by atoms with Gasteiger partial charge in [-0.15, -0.1) is 0 Å². The summed E-state index contributed by atoms with van der Waals surface area (Å²) in [6.07, 6.45) is 12.0. The minimum Gasteiger partial charge on any atom is -0.325 e. The smallest absolute Gasteiger partial charge is 0.269 e.